The molecule has 1 fully saturated rings. The maximum absolute atomic E-state index is 18.0. The van der Waals surface area contributed by atoms with Crippen molar-refractivity contribution < 1.29 is 84.2 Å². The van der Waals surface area contributed by atoms with Crippen LogP contribution in [0, 0.1) is 11.6 Å². The van der Waals surface area contributed by atoms with Crippen LogP contribution in [-0.4, -0.2) is 118 Å². The summed E-state index contributed by atoms with van der Waals surface area (Å²) in [4.78, 5) is 54.8. The molecule has 2 bridgehead atoms. The number of anilines is 4. The normalized spacial score (nSPS) is 19.0. The van der Waals surface area contributed by atoms with Gasteiger partial charge in [-0.3, -0.25) is 23.6 Å². The molecule has 0 saturated carbocycles. The number of likely N-dealkylation sites (N-methyl/N-ethyl adjacent to an activating group) is 2. The van der Waals surface area contributed by atoms with Crippen molar-refractivity contribution in [3.05, 3.63) is 157 Å². The third-order valence-electron chi connectivity index (χ3n) is 20.0. The van der Waals surface area contributed by atoms with Crippen LogP contribution in [0.15, 0.2) is 116 Å². The highest BCUT2D eigenvalue weighted by Gasteiger charge is 2.52. The fraction of sp³-hybridized carbons (Fsp3) is 0.357. The molecule has 7 heterocycles. The third-order valence-corrected chi connectivity index (χ3v) is 24.6. The van der Waals surface area contributed by atoms with E-state index in [1.165, 1.54) is 30.4 Å². The first-order chi connectivity index (χ1) is 47.3. The number of halogens is 7. The van der Waals surface area contributed by atoms with Crippen LogP contribution in [0.4, 0.5) is 58.4 Å². The molecule has 7 aromatic rings. The number of ether oxygens (including phenoxy) is 1. The van der Waals surface area contributed by atoms with E-state index in [1.807, 2.05) is 6.92 Å². The van der Waals surface area contributed by atoms with Crippen LogP contribution >= 0.6 is 11.3 Å². The Kier molecular flexibility index (Phi) is 17.7. The molecular weight excluding hydrogens is 1410 g/mol. The first-order valence-electron chi connectivity index (χ1n) is 32.2. The predicted octanol–water partition coefficient (Wildman–Crippen LogP) is 13.8. The van der Waals surface area contributed by atoms with Crippen molar-refractivity contribution in [3.8, 4) is 28.1 Å². The lowest BCUT2D eigenvalue weighted by Gasteiger charge is -2.52. The van der Waals surface area contributed by atoms with Gasteiger partial charge >= 0.3 is 28.4 Å². The minimum atomic E-state index is -5.04. The highest BCUT2D eigenvalue weighted by Crippen LogP contribution is 2.58. The Hall–Kier alpha value is -8.75. The van der Waals surface area contributed by atoms with Crippen LogP contribution in [0.2, 0.25) is 0 Å². The van der Waals surface area contributed by atoms with Crippen LogP contribution in [0.3, 0.4) is 0 Å². The molecule has 1 saturated heterocycles. The summed E-state index contributed by atoms with van der Waals surface area (Å²) < 4.78 is 212. The number of piperidine rings is 1. The molecule has 4 N–H and O–H groups in total. The number of nitrogens with zero attached hydrogens (tertiary/aromatic N) is 6. The number of urea groups is 1. The predicted molar refractivity (Wildman–Crippen MR) is 367 cm³/mol. The topological polar surface area (TPSA) is 266 Å². The lowest BCUT2D eigenvalue weighted by molar-refractivity contribution is -0.137. The number of amides is 3. The van der Waals surface area contributed by atoms with Gasteiger partial charge in [0.2, 0.25) is 5.91 Å². The van der Waals surface area contributed by atoms with Crippen LogP contribution in [0.25, 0.3) is 44.9 Å². The summed E-state index contributed by atoms with van der Waals surface area (Å²) in [5.41, 5.74) is -0.518. The van der Waals surface area contributed by atoms with Gasteiger partial charge in [-0.05, 0) is 142 Å². The molecule has 31 heteroatoms. The molecule has 2 aliphatic carbocycles. The maximum atomic E-state index is 18.0. The Bertz CT molecular complexity index is 5160. The third kappa shape index (κ3) is 12.9. The minimum absolute atomic E-state index is 0.0145. The first-order valence-corrected chi connectivity index (χ1v) is 37.8. The number of carbonyl (C=O) groups excluding carboxylic acids is 3. The zero-order chi connectivity index (χ0) is 72.6. The Labute approximate surface area is 581 Å². The summed E-state index contributed by atoms with van der Waals surface area (Å²) in [5.74, 6) is -5.46. The van der Waals surface area contributed by atoms with Gasteiger partial charge in [-0.1, -0.05) is 37.1 Å². The molecule has 2 atom stereocenters. The number of Topliss-reactive ketones (excluding diaryl/α,β-unsaturated/α-hetero) is 1. The smallest absolute Gasteiger partial charge is 0.416 e. The Morgan fingerprint density at radius 1 is 0.822 bits per heavy atom. The Morgan fingerprint density at radius 2 is 1.54 bits per heavy atom. The van der Waals surface area contributed by atoms with E-state index in [4.69, 9.17) is 14.7 Å². The molecule has 3 aromatic heterocycles. The number of benzene rings is 4. The van der Waals surface area contributed by atoms with E-state index in [1.54, 1.807) is 73.2 Å². The van der Waals surface area contributed by atoms with Gasteiger partial charge in [0, 0.05) is 121 Å². The average molecular weight is 1470 g/mol. The number of allylic oxidation sites excluding steroid dienone is 3. The molecule has 6 aliphatic rings. The fourth-order valence-electron chi connectivity index (χ4n) is 14.7. The zero-order valence-corrected chi connectivity index (χ0v) is 58.4. The summed E-state index contributed by atoms with van der Waals surface area (Å²) in [6.07, 6.45) is 1.23. The van der Waals surface area contributed by atoms with E-state index in [2.05, 4.69) is 15.5 Å². The molecule has 4 aliphatic heterocycles. The number of pyridine rings is 2. The summed E-state index contributed by atoms with van der Waals surface area (Å²) in [6, 6.07) is 15.0. The largest absolute Gasteiger partial charge is 0.483 e. The second kappa shape index (κ2) is 25.3. The van der Waals surface area contributed by atoms with E-state index < -0.39 is 127 Å². The SMILES string of the molecule is CN1c2cc3nc4c(c(-c5c(F)c(OCC(=O)CCCCCCC(=O)NCc6ccc(NC(=O)N7c8nc(-c9cccc(C(F)(F)F)c9)ccc8N8CCCC7(C)C8)cc6)cc(F)c5S(C)(=O)=O)c3cc2C2=C(C=C(S(=O)(=O)O)C2)C1(C)C)CC1C(=C4)N(C)C(F)(F)c2cc(S(=O)(=O)O)sc21. The molecule has 2 unspecified atom stereocenters. The fourth-order valence-corrected chi connectivity index (χ4v) is 18.2. The number of unbranched alkanes of at least 4 members (excludes halogenated alkanes) is 3. The van der Waals surface area contributed by atoms with Crippen molar-refractivity contribution >= 4 is 105 Å². The quantitative estimate of drug-likeness (QED) is 0.0269. The number of hydrogen-bond acceptors (Lipinski definition) is 16. The van der Waals surface area contributed by atoms with Gasteiger partial charge < -0.3 is 30.1 Å². The second-order valence-corrected chi connectivity index (χ2v) is 33.2. The summed E-state index contributed by atoms with van der Waals surface area (Å²) in [7, 11) is -11.8. The molecule has 532 valence electrons. The molecule has 0 radical (unpaired) electrons. The average Bonchev–Trinajstić information content (AvgIpc) is 1.70. The van der Waals surface area contributed by atoms with Gasteiger partial charge in [-0.15, -0.1) is 11.3 Å². The lowest BCUT2D eigenvalue weighted by Crippen LogP contribution is -2.63. The van der Waals surface area contributed by atoms with E-state index in [9.17, 15) is 61.9 Å². The molecule has 3 amide bonds. The second-order valence-electron chi connectivity index (χ2n) is 27.0. The van der Waals surface area contributed by atoms with Crippen molar-refractivity contribution in [1.29, 1.82) is 0 Å². The monoisotopic (exact) mass is 1470 g/mol. The van der Waals surface area contributed by atoms with Crippen LogP contribution < -0.4 is 30.1 Å². The number of thiophene rings is 1. The summed E-state index contributed by atoms with van der Waals surface area (Å²) in [6.45, 7) is 6.16. The number of hydrogen-bond donors (Lipinski definition) is 4. The summed E-state index contributed by atoms with van der Waals surface area (Å²) >= 11 is 0.368. The van der Waals surface area contributed by atoms with Gasteiger partial charge in [0.1, 0.15) is 21.5 Å². The van der Waals surface area contributed by atoms with Crippen molar-refractivity contribution in [2.24, 2.45) is 0 Å². The van der Waals surface area contributed by atoms with Crippen molar-refractivity contribution in [2.45, 2.75) is 130 Å². The Morgan fingerprint density at radius 3 is 2.24 bits per heavy atom. The lowest BCUT2D eigenvalue weighted by atomic mass is 9.78. The highest BCUT2D eigenvalue weighted by atomic mass is 32.3. The number of carbonyl (C=O) groups is 3. The standard InChI is InChI=1S/C70H67F7N8O12S4/c1-67(2)48-27-42(100(91,92)93)26-43(48)44-28-45-52(32-55(44)82(67)4)80-53-33-56-47(63-49(70(76,77)83(56)5)30-59(98-63)101(94,95)96)29-46(53)60(45)61-62(72)57(31-50(71)64(61)99(6,89)90)97-35-41(86)15-9-7-8-10-16-58(87)78-34-37-17-19-40(20-18-37)79-66(88)85-65-54(84-24-12-23-68(85,3)36-84)22-21-51(81-65)38-13-11-14-39(25-38)69(73,74)75/h11,13-14,17-22,25,27-28,30-33,47H,7-10,12,15-16,23-24,26,29,34-36H2,1-6H3,(H,78,87)(H,79,88)(H,91,92,93)(H,94,95,96). The van der Waals surface area contributed by atoms with Crippen LogP contribution in [0.5, 0.6) is 5.75 Å². The highest BCUT2D eigenvalue weighted by molar-refractivity contribution is 7.91. The van der Waals surface area contributed by atoms with Crippen LogP contribution in [-0.2, 0) is 64.9 Å². The van der Waals surface area contributed by atoms with E-state index >= 15 is 17.6 Å². The van der Waals surface area contributed by atoms with Crippen molar-refractivity contribution in [3.63, 3.8) is 0 Å². The van der Waals surface area contributed by atoms with Gasteiger partial charge in [0.15, 0.2) is 33.0 Å². The Balaban J connectivity index is 0.684. The van der Waals surface area contributed by atoms with E-state index in [-0.39, 0.29) is 86.2 Å². The number of fused-ring (bicyclic) bond motifs is 11. The van der Waals surface area contributed by atoms with Gasteiger partial charge in [-0.2, -0.15) is 38.8 Å². The first kappa shape index (κ1) is 70.7. The molecule has 13 rings (SSSR count). The van der Waals surface area contributed by atoms with Gasteiger partial charge in [-0.25, -0.2) is 32.0 Å². The summed E-state index contributed by atoms with van der Waals surface area (Å²) in [5, 5.41) is 5.80. The van der Waals surface area contributed by atoms with Crippen molar-refractivity contribution in [1.82, 2.24) is 20.2 Å². The number of ketones is 1. The number of nitrogens with one attached hydrogen (secondary N) is 2. The molecular formula is C70H67F7N8O12S4. The molecule has 101 heavy (non-hydrogen) atoms. The van der Waals surface area contributed by atoms with Gasteiger partial charge in [0.05, 0.1) is 49.7 Å². The number of sulfone groups is 1. The van der Waals surface area contributed by atoms with Gasteiger partial charge in [0.25, 0.3) is 10.1 Å². The number of alkyl halides is 5. The van der Waals surface area contributed by atoms with E-state index in [0.29, 0.717) is 113 Å². The number of rotatable bonds is 18. The minimum Gasteiger partial charge on any atom is -0.483 e. The molecule has 4 aromatic carbocycles. The zero-order valence-electron chi connectivity index (χ0n) is 55.2. The van der Waals surface area contributed by atoms with E-state index in [0.717, 1.165) is 37.7 Å². The van der Waals surface area contributed by atoms with Crippen molar-refractivity contribution in [2.75, 3.05) is 60.1 Å². The number of aromatic nitrogens is 2. The maximum Gasteiger partial charge on any atom is 0.416 e. The molecule has 20 nitrogen and oxygen atoms in total. The molecule has 0 spiro atoms. The van der Waals surface area contributed by atoms with Crippen LogP contribution in [0.1, 0.15) is 123 Å².